The summed E-state index contributed by atoms with van der Waals surface area (Å²) in [6.45, 7) is 16.1. The maximum Gasteiger partial charge on any atom is 0.232 e. The highest BCUT2D eigenvalue weighted by molar-refractivity contribution is 7.92. The molecule has 0 spiro atoms. The number of hydrogen-bond donors (Lipinski definition) is 4. The normalized spacial score (nSPS) is 16.1. The molecule has 4 aliphatic rings. The van der Waals surface area contributed by atoms with Gasteiger partial charge in [-0.15, -0.1) is 0 Å². The first-order chi connectivity index (χ1) is 45.6. The fourth-order valence-electron chi connectivity index (χ4n) is 12.2. The van der Waals surface area contributed by atoms with E-state index < -0.39 is 20.0 Å². The van der Waals surface area contributed by atoms with Crippen LogP contribution in [-0.4, -0.2) is 198 Å². The molecule has 8 heterocycles. The second-order valence-corrected chi connectivity index (χ2v) is 28.4. The van der Waals surface area contributed by atoms with E-state index in [1.807, 2.05) is 0 Å². The number of methoxy groups -OCH3 is 2. The molecule has 31 heteroatoms. The summed E-state index contributed by atoms with van der Waals surface area (Å²) >= 11 is 18.4. The summed E-state index contributed by atoms with van der Waals surface area (Å²) in [4.78, 5) is 44.2. The fourth-order valence-corrected chi connectivity index (χ4v) is 13.7. The van der Waals surface area contributed by atoms with Gasteiger partial charge in [0.25, 0.3) is 0 Å². The summed E-state index contributed by atoms with van der Waals surface area (Å²) in [5, 5.41) is 9.98. The summed E-state index contributed by atoms with van der Waals surface area (Å²) in [6, 6.07) is 16.5. The third kappa shape index (κ3) is 16.9. The smallest absolute Gasteiger partial charge is 0.232 e. The van der Waals surface area contributed by atoms with Gasteiger partial charge in [0, 0.05) is 127 Å². The molecule has 95 heavy (non-hydrogen) atoms. The molecule has 4 aliphatic heterocycles. The lowest BCUT2D eigenvalue weighted by molar-refractivity contribution is 0.0115. The number of nitrogens with one attached hydrogen (secondary N) is 3. The summed E-state index contributed by atoms with van der Waals surface area (Å²) in [5.41, 5.74) is 15.9. The summed E-state index contributed by atoms with van der Waals surface area (Å²) in [6.07, 6.45) is 17.6. The van der Waals surface area contributed by atoms with Crippen molar-refractivity contribution < 1.29 is 35.8 Å². The van der Waals surface area contributed by atoms with E-state index in [9.17, 15) is 16.8 Å². The second-order valence-electron chi connectivity index (χ2n) is 23.2. The minimum Gasteiger partial charge on any atom is -0.495 e. The largest absolute Gasteiger partial charge is 0.495 e. The molecule has 12 rings (SSSR count). The van der Waals surface area contributed by atoms with Gasteiger partial charge < -0.3 is 50.4 Å². The number of rotatable bonds is 18. The van der Waals surface area contributed by atoms with E-state index in [1.165, 1.54) is 80.4 Å². The van der Waals surface area contributed by atoms with Crippen LogP contribution in [0.25, 0.3) is 22.1 Å². The Kier molecular flexibility index (Phi) is 23.2. The lowest BCUT2D eigenvalue weighted by Crippen LogP contribution is -2.49. The van der Waals surface area contributed by atoms with Crippen molar-refractivity contribution in [2.45, 2.75) is 64.5 Å². The van der Waals surface area contributed by atoms with Crippen molar-refractivity contribution in [2.24, 2.45) is 0 Å². The van der Waals surface area contributed by atoms with Crippen molar-refractivity contribution >= 4 is 140 Å². The Morgan fingerprint density at radius 1 is 0.558 bits per heavy atom. The van der Waals surface area contributed by atoms with E-state index >= 15 is 0 Å². The second kappa shape index (κ2) is 31.5. The van der Waals surface area contributed by atoms with Crippen molar-refractivity contribution in [3.8, 4) is 11.5 Å². The first-order valence-corrected chi connectivity index (χ1v) is 36.2. The minimum absolute atomic E-state index is 0.00509. The van der Waals surface area contributed by atoms with Gasteiger partial charge in [0.1, 0.15) is 44.0 Å². The standard InChI is InChI=1S/C32H40ClN9O4S.C18H29N3O2.C14H12Cl2N6O2S/c1-5-21-18-26(28(45-3)19-27(21)42-12-8-22(9-13-42)41-14-16-46-17-15-41)38-32-36-20-23(33)31(39-32)37-25-7-6-24-29(35-11-10-34-24)30(25)40(2)47(4,43)44;1-3-14-12-16(19)18(22-2)13-17(14)21-6-4-15(5-7-21)20-8-10-23-11-9-20;1-22(25(2,23)24)12-10(4-3-9-11(12)18-6-5-17-9)20-13-8(15)7-19-14(16)21-13/h6-7,10-11,18-20,22H,5,8-9,12-17H2,1-4H3,(H2,36,37,38,39);12-13,15H,3-11,19H2,1-2H3;3-7H,1-2H3,(H,19,20,21). The maximum atomic E-state index is 12.6. The van der Waals surface area contributed by atoms with Gasteiger partial charge in [0.05, 0.1) is 99.3 Å². The van der Waals surface area contributed by atoms with Crippen molar-refractivity contribution in [1.82, 2.24) is 49.7 Å². The SMILES string of the molecule is CCc1cc(N)c(OC)cc1N1CCC(N2CCOCC2)CC1.CCc1cc(Nc2ncc(Cl)c(Nc3ccc4nccnc4c3N(C)S(C)(=O)=O)n2)c(OC)cc1N1CCC(N2CCOCC2)CC1.CN(c1c(Nc2nc(Cl)ncc2Cl)ccc2nccnc12)S(C)(=O)=O. The van der Waals surface area contributed by atoms with Crippen LogP contribution in [0.4, 0.5) is 63.1 Å². The Balaban J connectivity index is 0.000000172. The zero-order chi connectivity index (χ0) is 67.6. The molecule has 4 fully saturated rings. The Hall–Kier alpha value is -7.67. The number of fused-ring (bicyclic) bond motifs is 2. The highest BCUT2D eigenvalue weighted by Gasteiger charge is 2.30. The van der Waals surface area contributed by atoms with Gasteiger partial charge in [-0.1, -0.05) is 37.0 Å². The van der Waals surface area contributed by atoms with E-state index in [0.29, 0.717) is 62.6 Å². The van der Waals surface area contributed by atoms with Crippen LogP contribution >= 0.6 is 34.8 Å². The van der Waals surface area contributed by atoms with E-state index in [-0.39, 0.29) is 32.9 Å². The first-order valence-electron chi connectivity index (χ1n) is 31.3. The highest BCUT2D eigenvalue weighted by atomic mass is 35.5. The third-order valence-corrected chi connectivity index (χ3v) is 20.5. The molecule has 4 aromatic heterocycles. The van der Waals surface area contributed by atoms with Gasteiger partial charge in [0.15, 0.2) is 11.6 Å². The molecule has 4 aromatic carbocycles. The molecule has 4 saturated heterocycles. The highest BCUT2D eigenvalue weighted by Crippen LogP contribution is 2.41. The zero-order valence-electron chi connectivity index (χ0n) is 54.5. The molecule has 8 aromatic rings. The number of halogens is 3. The number of piperidine rings is 2. The van der Waals surface area contributed by atoms with Gasteiger partial charge in [-0.25, -0.2) is 26.8 Å². The van der Waals surface area contributed by atoms with Crippen molar-refractivity contribution in [3.05, 3.63) is 112 Å². The monoisotopic (exact) mass is 1400 g/mol. The first kappa shape index (κ1) is 70.1. The molecule has 0 saturated carbocycles. The molecular weight excluding hydrogens is 1320 g/mol. The Labute approximate surface area is 569 Å². The number of nitrogens with two attached hydrogens (primary N) is 1. The van der Waals surface area contributed by atoms with Crippen molar-refractivity contribution in [3.63, 3.8) is 0 Å². The third-order valence-electron chi connectivity index (χ3n) is 17.4. The number of hydrogen-bond acceptors (Lipinski definition) is 24. The molecule has 0 bridgehead atoms. The van der Waals surface area contributed by atoms with Crippen LogP contribution in [0.1, 0.15) is 50.7 Å². The maximum absolute atomic E-state index is 12.6. The molecule has 26 nitrogen and oxygen atoms in total. The number of morpholine rings is 2. The number of ether oxygens (including phenoxy) is 4. The molecule has 508 valence electrons. The van der Waals surface area contributed by atoms with E-state index in [0.717, 1.165) is 143 Å². The van der Waals surface area contributed by atoms with Crippen molar-refractivity contribution in [2.75, 3.05) is 160 Å². The average Bonchev–Trinajstić information content (AvgIpc) is 0.798. The summed E-state index contributed by atoms with van der Waals surface area (Å²) < 4.78 is 73.9. The van der Waals surface area contributed by atoms with Crippen LogP contribution in [0.3, 0.4) is 0 Å². The molecule has 0 unspecified atom stereocenters. The van der Waals surface area contributed by atoms with Crippen LogP contribution in [0.5, 0.6) is 11.5 Å². The van der Waals surface area contributed by atoms with Crippen LogP contribution in [-0.2, 0) is 42.4 Å². The number of benzene rings is 4. The number of anilines is 11. The Morgan fingerprint density at radius 2 is 0.989 bits per heavy atom. The van der Waals surface area contributed by atoms with Gasteiger partial charge >= 0.3 is 0 Å². The molecular formula is C64H81Cl3N18O8S2. The van der Waals surface area contributed by atoms with Gasteiger partial charge in [0.2, 0.25) is 31.3 Å². The van der Waals surface area contributed by atoms with E-state index in [1.54, 1.807) is 44.7 Å². The lowest BCUT2D eigenvalue weighted by Gasteiger charge is -2.41. The van der Waals surface area contributed by atoms with Crippen LogP contribution in [0.15, 0.2) is 85.7 Å². The number of aryl methyl sites for hydroxylation is 2. The van der Waals surface area contributed by atoms with Crippen LogP contribution < -0.4 is 49.6 Å². The van der Waals surface area contributed by atoms with Gasteiger partial charge in [-0.2, -0.15) is 9.97 Å². The molecule has 0 atom stereocenters. The van der Waals surface area contributed by atoms with E-state index in [2.05, 4.69) is 114 Å². The molecule has 0 radical (unpaired) electrons. The van der Waals surface area contributed by atoms with Crippen molar-refractivity contribution in [1.29, 1.82) is 0 Å². The summed E-state index contributed by atoms with van der Waals surface area (Å²) in [7, 11) is -0.947. The Morgan fingerprint density at radius 3 is 1.44 bits per heavy atom. The Bertz CT molecular complexity index is 4220. The number of sulfonamides is 2. The molecule has 0 aliphatic carbocycles. The predicted octanol–water partition coefficient (Wildman–Crippen LogP) is 9.83. The predicted molar refractivity (Wildman–Crippen MR) is 379 cm³/mol. The quantitative estimate of drug-likeness (QED) is 0.0459. The minimum atomic E-state index is -3.63. The van der Waals surface area contributed by atoms with Crippen LogP contribution in [0.2, 0.25) is 15.3 Å². The van der Waals surface area contributed by atoms with E-state index in [4.69, 9.17) is 59.5 Å². The topological polar surface area (TPSA) is 290 Å². The van der Waals surface area contributed by atoms with Crippen LogP contribution in [0, 0.1) is 0 Å². The lowest BCUT2D eigenvalue weighted by atomic mass is 10.00. The number of nitrogen functional groups attached to an aromatic ring is 1. The fraction of sp³-hybridized carbons (Fsp3) is 0.438. The summed E-state index contributed by atoms with van der Waals surface area (Å²) in [5.74, 6) is 2.27. The van der Waals surface area contributed by atoms with Gasteiger partial charge in [-0.3, -0.25) is 38.3 Å². The zero-order valence-corrected chi connectivity index (χ0v) is 58.4. The molecule has 0 amide bonds. The average molecular weight is 1400 g/mol. The molecule has 5 N–H and O–H groups in total. The number of nitrogens with zero attached hydrogens (tertiary/aromatic N) is 14. The van der Waals surface area contributed by atoms with Gasteiger partial charge in [-0.05, 0) is 97.7 Å². The number of aromatic nitrogens is 8.